The number of carbonyl (C=O) groups excluding carboxylic acids is 1. The van der Waals surface area contributed by atoms with Crippen LogP contribution < -0.4 is 5.32 Å². The van der Waals surface area contributed by atoms with E-state index in [9.17, 15) is 4.79 Å². The molecule has 1 aromatic rings. The molecule has 2 rings (SSSR count). The maximum Gasteiger partial charge on any atom is 0.241 e. The molecule has 90 valence electrons. The van der Waals surface area contributed by atoms with Gasteiger partial charge in [0.2, 0.25) is 5.91 Å². The zero-order valence-corrected chi connectivity index (χ0v) is 10.6. The van der Waals surface area contributed by atoms with Crippen LogP contribution in [0.2, 0.25) is 0 Å². The summed E-state index contributed by atoms with van der Waals surface area (Å²) in [5, 5.41) is 7.24. The van der Waals surface area contributed by atoms with Crippen LogP contribution in [-0.4, -0.2) is 22.2 Å². The second-order valence-electron chi connectivity index (χ2n) is 3.97. The molecule has 1 amide bonds. The highest BCUT2D eigenvalue weighted by Crippen LogP contribution is 2.15. The van der Waals surface area contributed by atoms with Crippen molar-refractivity contribution >= 4 is 5.91 Å². The highest BCUT2D eigenvalue weighted by Gasteiger charge is 2.15. The van der Waals surface area contributed by atoms with E-state index in [1.807, 2.05) is 18.5 Å². The van der Waals surface area contributed by atoms with E-state index in [-0.39, 0.29) is 5.91 Å². The summed E-state index contributed by atoms with van der Waals surface area (Å²) in [6, 6.07) is 2.10. The molecule has 0 spiro atoms. The van der Waals surface area contributed by atoms with Gasteiger partial charge in [0.1, 0.15) is 6.54 Å². The van der Waals surface area contributed by atoms with Gasteiger partial charge in [-0.05, 0) is 12.0 Å². The number of hydrogen-bond acceptors (Lipinski definition) is 2. The average Bonchev–Trinajstić information content (AvgIpc) is 2.57. The molecule has 0 saturated heterocycles. The summed E-state index contributed by atoms with van der Waals surface area (Å²) in [6.45, 7) is 9.31. The lowest BCUT2D eigenvalue weighted by molar-refractivity contribution is -0.121. The van der Waals surface area contributed by atoms with Gasteiger partial charge >= 0.3 is 0 Å². The van der Waals surface area contributed by atoms with Gasteiger partial charge in [-0.25, -0.2) is 0 Å². The van der Waals surface area contributed by atoms with Gasteiger partial charge in [0.15, 0.2) is 0 Å². The minimum absolute atomic E-state index is 0.0576. The molecule has 0 aliphatic carbocycles. The normalized spacial score (nSPS) is 14.7. The van der Waals surface area contributed by atoms with E-state index in [1.54, 1.807) is 0 Å². The topological polar surface area (TPSA) is 46.9 Å². The highest BCUT2D eigenvalue weighted by molar-refractivity contribution is 5.76. The van der Waals surface area contributed by atoms with Crippen molar-refractivity contribution in [2.24, 2.45) is 0 Å². The van der Waals surface area contributed by atoms with E-state index in [2.05, 4.69) is 30.3 Å². The lowest BCUT2D eigenvalue weighted by Gasteiger charge is -2.00. The molecule has 1 aliphatic rings. The highest BCUT2D eigenvalue weighted by atomic mass is 16.2. The molecule has 1 aromatic heterocycles. The average molecular weight is 223 g/mol. The second-order valence-corrected chi connectivity index (χ2v) is 3.97. The lowest BCUT2D eigenvalue weighted by Crippen LogP contribution is -2.26. The van der Waals surface area contributed by atoms with E-state index in [0.717, 1.165) is 24.4 Å². The minimum Gasteiger partial charge on any atom is -0.354 e. The van der Waals surface area contributed by atoms with Crippen LogP contribution in [0.4, 0.5) is 0 Å². The van der Waals surface area contributed by atoms with Gasteiger partial charge in [-0.1, -0.05) is 27.7 Å². The maximum atomic E-state index is 11.3. The van der Waals surface area contributed by atoms with E-state index in [0.29, 0.717) is 12.5 Å². The molecule has 0 atom stereocenters. The summed E-state index contributed by atoms with van der Waals surface area (Å²) in [5.41, 5.74) is 2.24. The van der Waals surface area contributed by atoms with Crippen LogP contribution >= 0.6 is 0 Å². The molecule has 2 heterocycles. The molecule has 0 fully saturated rings. The molecule has 0 aromatic carbocycles. The van der Waals surface area contributed by atoms with Gasteiger partial charge in [0, 0.05) is 18.7 Å². The summed E-state index contributed by atoms with van der Waals surface area (Å²) < 4.78 is 1.82. The quantitative estimate of drug-likeness (QED) is 0.787. The lowest BCUT2D eigenvalue weighted by atomic mass is 10.1. The van der Waals surface area contributed by atoms with Crippen LogP contribution in [0.1, 0.15) is 45.0 Å². The fraction of sp³-hybridized carbons (Fsp3) is 0.667. The van der Waals surface area contributed by atoms with Crippen molar-refractivity contribution < 1.29 is 4.79 Å². The van der Waals surface area contributed by atoms with E-state index in [4.69, 9.17) is 0 Å². The minimum atomic E-state index is 0.0576. The van der Waals surface area contributed by atoms with Crippen LogP contribution in [0.25, 0.3) is 0 Å². The van der Waals surface area contributed by atoms with Crippen molar-refractivity contribution in [3.8, 4) is 0 Å². The molecule has 0 saturated carbocycles. The van der Waals surface area contributed by atoms with Gasteiger partial charge in [0.05, 0.1) is 5.69 Å². The zero-order chi connectivity index (χ0) is 12.1. The summed E-state index contributed by atoms with van der Waals surface area (Å²) in [7, 11) is 0. The summed E-state index contributed by atoms with van der Waals surface area (Å²) in [4.78, 5) is 11.3. The number of aromatic nitrogens is 2. The molecule has 4 heteroatoms. The Bertz CT molecular complexity index is 355. The Morgan fingerprint density at radius 1 is 1.44 bits per heavy atom. The molecule has 1 N–H and O–H groups in total. The van der Waals surface area contributed by atoms with Crippen LogP contribution in [0.15, 0.2) is 6.07 Å². The fourth-order valence-corrected chi connectivity index (χ4v) is 1.62. The molecule has 16 heavy (non-hydrogen) atoms. The predicted octanol–water partition coefficient (Wildman–Crippen LogP) is 1.70. The Morgan fingerprint density at radius 3 is 2.75 bits per heavy atom. The van der Waals surface area contributed by atoms with E-state index in [1.165, 1.54) is 0 Å². The summed E-state index contributed by atoms with van der Waals surface area (Å²) in [6.07, 6.45) is 0.880. The number of nitrogens with zero attached hydrogens (tertiary/aromatic N) is 2. The van der Waals surface area contributed by atoms with E-state index >= 15 is 0 Å². The monoisotopic (exact) mass is 223 g/mol. The van der Waals surface area contributed by atoms with Crippen molar-refractivity contribution in [2.75, 3.05) is 6.54 Å². The first-order chi connectivity index (χ1) is 7.66. The Kier molecular flexibility index (Phi) is 4.52. The molecule has 4 nitrogen and oxygen atoms in total. The van der Waals surface area contributed by atoms with Crippen LogP contribution in [0, 0.1) is 0 Å². The molecular weight excluding hydrogens is 202 g/mol. The van der Waals surface area contributed by atoms with Crippen molar-refractivity contribution in [2.45, 2.75) is 46.6 Å². The third-order valence-corrected chi connectivity index (χ3v) is 2.47. The van der Waals surface area contributed by atoms with Crippen LogP contribution in [0.5, 0.6) is 0 Å². The second kappa shape index (κ2) is 5.68. The first-order valence-corrected chi connectivity index (χ1v) is 6.00. The molecule has 0 unspecified atom stereocenters. The fourth-order valence-electron chi connectivity index (χ4n) is 1.62. The van der Waals surface area contributed by atoms with Gasteiger partial charge in [-0.3, -0.25) is 9.48 Å². The standard InChI is InChI=1S/C10H15N3O.C2H6/c1-7(2)9-5-8-3-4-11-10(14)6-13(8)12-9;1-2/h5,7H,3-4,6H2,1-2H3,(H,11,14);1-2H3. The third kappa shape index (κ3) is 2.84. The van der Waals surface area contributed by atoms with E-state index < -0.39 is 0 Å². The molecule has 0 bridgehead atoms. The van der Waals surface area contributed by atoms with Crippen molar-refractivity contribution in [3.63, 3.8) is 0 Å². The Hall–Kier alpha value is -1.32. The van der Waals surface area contributed by atoms with Gasteiger partial charge in [0.25, 0.3) is 0 Å². The third-order valence-electron chi connectivity index (χ3n) is 2.47. The number of rotatable bonds is 1. The molecule has 0 radical (unpaired) electrons. The van der Waals surface area contributed by atoms with Gasteiger partial charge in [-0.15, -0.1) is 0 Å². The first-order valence-electron chi connectivity index (χ1n) is 6.00. The van der Waals surface area contributed by atoms with Crippen LogP contribution in [0.3, 0.4) is 0 Å². The number of carbonyl (C=O) groups is 1. The van der Waals surface area contributed by atoms with Crippen LogP contribution in [-0.2, 0) is 17.8 Å². The molecular formula is C12H21N3O. The van der Waals surface area contributed by atoms with Crippen molar-refractivity contribution in [1.29, 1.82) is 0 Å². The van der Waals surface area contributed by atoms with Crippen molar-refractivity contribution in [3.05, 3.63) is 17.5 Å². The van der Waals surface area contributed by atoms with Gasteiger partial charge in [-0.2, -0.15) is 5.10 Å². The SMILES string of the molecule is CC.CC(C)c1cc2n(n1)CC(=O)NCC2. The summed E-state index contributed by atoms with van der Waals surface area (Å²) >= 11 is 0. The predicted molar refractivity (Wildman–Crippen MR) is 64.4 cm³/mol. The number of nitrogens with one attached hydrogen (secondary N) is 1. The maximum absolute atomic E-state index is 11.3. The Morgan fingerprint density at radius 2 is 2.12 bits per heavy atom. The van der Waals surface area contributed by atoms with Gasteiger partial charge < -0.3 is 5.32 Å². The number of hydrogen-bond donors (Lipinski definition) is 1. The number of amides is 1. The smallest absolute Gasteiger partial charge is 0.241 e. The Balaban J connectivity index is 0.000000606. The zero-order valence-electron chi connectivity index (χ0n) is 10.6. The number of fused-ring (bicyclic) bond motifs is 1. The first kappa shape index (κ1) is 12.7. The largest absolute Gasteiger partial charge is 0.354 e. The summed E-state index contributed by atoms with van der Waals surface area (Å²) in [5.74, 6) is 0.486. The van der Waals surface area contributed by atoms with Crippen molar-refractivity contribution in [1.82, 2.24) is 15.1 Å². The Labute approximate surface area is 97.0 Å². The molecule has 1 aliphatic heterocycles.